The zero-order valence-electron chi connectivity index (χ0n) is 11.1. The largest absolute Gasteiger partial charge is 0.356 e. The molecule has 0 saturated heterocycles. The Morgan fingerprint density at radius 2 is 1.88 bits per heavy atom. The van der Waals surface area contributed by atoms with Crippen LogP contribution in [-0.2, 0) is 4.79 Å². The zero-order valence-corrected chi connectivity index (χ0v) is 11.1. The summed E-state index contributed by atoms with van der Waals surface area (Å²) in [5, 5.41) is 2.76. The van der Waals surface area contributed by atoms with E-state index in [1.54, 1.807) is 0 Å². The first kappa shape index (κ1) is 15.5. The van der Waals surface area contributed by atoms with Crippen LogP contribution in [0, 0.1) is 0 Å². The number of carbonyl (C=O) groups excluding carboxylic acids is 1. The van der Waals surface area contributed by atoms with Gasteiger partial charge in [-0.3, -0.25) is 20.8 Å². The topological polar surface area (TPSA) is 84.1 Å². The maximum Gasteiger partial charge on any atom is 0.341 e. The third-order valence-corrected chi connectivity index (χ3v) is 2.31. The molecule has 0 radical (unpaired) electrons. The molecule has 0 bridgehead atoms. The fourth-order valence-corrected chi connectivity index (χ4v) is 1.31. The molecular weight excluding hydrogens is 216 g/mol. The van der Waals surface area contributed by atoms with Crippen molar-refractivity contribution in [3.63, 3.8) is 0 Å². The van der Waals surface area contributed by atoms with Crippen LogP contribution >= 0.6 is 0 Å². The maximum absolute atomic E-state index is 10.7. The number of hydrogen-bond acceptors (Lipinski definition) is 1. The molecule has 17 heavy (non-hydrogen) atoms. The van der Waals surface area contributed by atoms with Crippen LogP contribution < -0.4 is 16.8 Å². The third kappa shape index (κ3) is 9.41. The molecule has 5 nitrogen and oxygen atoms in total. The Bertz CT molecular complexity index is 300. The van der Waals surface area contributed by atoms with E-state index in [-0.39, 0.29) is 5.91 Å². The summed E-state index contributed by atoms with van der Waals surface area (Å²) < 4.78 is 1.93. The second-order valence-electron chi connectivity index (χ2n) is 4.34. The number of rotatable bonds is 7. The number of nitrogens with one attached hydrogen (secondary N) is 1. The molecule has 0 saturated carbocycles. The monoisotopic (exact) mass is 241 g/mol. The molecule has 0 aromatic carbocycles. The van der Waals surface area contributed by atoms with E-state index in [2.05, 4.69) is 11.4 Å². The minimum absolute atomic E-state index is 0.0105. The summed E-state index contributed by atoms with van der Waals surface area (Å²) in [6.45, 7) is 7.86. The molecule has 0 unspecified atom stereocenters. The molecule has 98 valence electrons. The van der Waals surface area contributed by atoms with Crippen molar-refractivity contribution in [2.45, 2.75) is 33.6 Å². The predicted molar refractivity (Wildman–Crippen MR) is 70.7 cm³/mol. The molecule has 0 aromatic rings. The van der Waals surface area contributed by atoms with Gasteiger partial charge in [-0.05, 0) is 26.7 Å². The van der Waals surface area contributed by atoms with Crippen LogP contribution in [0.2, 0.25) is 0 Å². The molecule has 0 fully saturated rings. The van der Waals surface area contributed by atoms with Crippen LogP contribution in [0.5, 0.6) is 0 Å². The quantitative estimate of drug-likeness (QED) is 0.195. The Morgan fingerprint density at radius 1 is 1.24 bits per heavy atom. The first-order valence-corrected chi connectivity index (χ1v) is 5.94. The molecule has 5 heteroatoms. The lowest BCUT2D eigenvalue weighted by molar-refractivity contribution is -0.520. The second-order valence-corrected chi connectivity index (χ2v) is 4.34. The van der Waals surface area contributed by atoms with E-state index in [0.29, 0.717) is 12.5 Å². The van der Waals surface area contributed by atoms with Crippen LogP contribution in [0.1, 0.15) is 33.6 Å². The highest BCUT2D eigenvalue weighted by atomic mass is 16.1. The molecule has 0 spiro atoms. The highest BCUT2D eigenvalue weighted by molar-refractivity contribution is 5.72. The minimum atomic E-state index is 0.0105. The fraction of sp³-hybridized carbons (Fsp3) is 0.667. The number of guanidine groups is 1. The standard InChI is InChI=1S/C12H24N4O/c1-10(2)6-9-16(12(13)14)8-5-4-7-15-11(3)17/h6H,4-5,7-9H2,1-3H3,(H4,13,14,15,17)/p+1. The predicted octanol–water partition coefficient (Wildman–Crippen LogP) is 0.155. The van der Waals surface area contributed by atoms with Crippen molar-refractivity contribution >= 4 is 11.9 Å². The van der Waals surface area contributed by atoms with Gasteiger partial charge in [-0.15, -0.1) is 0 Å². The summed E-state index contributed by atoms with van der Waals surface area (Å²) >= 11 is 0. The van der Waals surface area contributed by atoms with Crippen LogP contribution in [0.15, 0.2) is 11.6 Å². The molecule has 0 aliphatic rings. The summed E-state index contributed by atoms with van der Waals surface area (Å²) in [5.41, 5.74) is 12.5. The van der Waals surface area contributed by atoms with E-state index in [4.69, 9.17) is 11.5 Å². The van der Waals surface area contributed by atoms with Gasteiger partial charge < -0.3 is 5.32 Å². The van der Waals surface area contributed by atoms with Crippen molar-refractivity contribution < 1.29 is 9.37 Å². The average molecular weight is 241 g/mol. The van der Waals surface area contributed by atoms with Crippen molar-refractivity contribution in [2.24, 2.45) is 11.5 Å². The number of amides is 1. The maximum atomic E-state index is 10.7. The summed E-state index contributed by atoms with van der Waals surface area (Å²) in [6, 6.07) is 0. The number of unbranched alkanes of at least 4 members (excludes halogenated alkanes) is 1. The smallest absolute Gasteiger partial charge is 0.341 e. The SMILES string of the molecule is CC(=O)NCCCC[N+](CC=C(C)C)=C(N)N. The van der Waals surface area contributed by atoms with Crippen LogP contribution in [-0.4, -0.2) is 36.1 Å². The van der Waals surface area contributed by atoms with Gasteiger partial charge in [0.25, 0.3) is 0 Å². The second kappa shape index (κ2) is 8.61. The molecule has 0 rings (SSSR count). The molecule has 0 aliphatic heterocycles. The van der Waals surface area contributed by atoms with Gasteiger partial charge in [0, 0.05) is 13.5 Å². The van der Waals surface area contributed by atoms with E-state index in [9.17, 15) is 4.79 Å². The summed E-state index contributed by atoms with van der Waals surface area (Å²) in [6.07, 6.45) is 3.97. The number of carbonyl (C=O) groups is 1. The van der Waals surface area contributed by atoms with Crippen LogP contribution in [0.25, 0.3) is 0 Å². The van der Waals surface area contributed by atoms with Gasteiger partial charge >= 0.3 is 5.96 Å². The number of nitrogens with two attached hydrogens (primary N) is 2. The van der Waals surface area contributed by atoms with E-state index < -0.39 is 0 Å². The first-order valence-electron chi connectivity index (χ1n) is 5.94. The number of nitrogens with zero attached hydrogens (tertiary/aromatic N) is 1. The summed E-state index contributed by atoms with van der Waals surface area (Å²) in [4.78, 5) is 10.7. The molecular formula is C12H25N4O+. The van der Waals surface area contributed by atoms with Gasteiger partial charge in [-0.2, -0.15) is 0 Å². The molecule has 0 aliphatic carbocycles. The Labute approximate surface area is 104 Å². The Balaban J connectivity index is 3.92. The average Bonchev–Trinajstić information content (AvgIpc) is 2.20. The van der Waals surface area contributed by atoms with E-state index >= 15 is 0 Å². The van der Waals surface area contributed by atoms with E-state index in [1.807, 2.05) is 18.4 Å². The molecule has 0 heterocycles. The van der Waals surface area contributed by atoms with Gasteiger partial charge in [0.15, 0.2) is 0 Å². The zero-order chi connectivity index (χ0) is 13.3. The summed E-state index contributed by atoms with van der Waals surface area (Å²) in [5.74, 6) is 0.360. The lowest BCUT2D eigenvalue weighted by atomic mass is 10.3. The van der Waals surface area contributed by atoms with Crippen LogP contribution in [0.3, 0.4) is 0 Å². The van der Waals surface area contributed by atoms with Crippen molar-refractivity contribution in [1.82, 2.24) is 5.32 Å². The normalized spacial score (nSPS) is 9.59. The summed E-state index contributed by atoms with van der Waals surface area (Å²) in [7, 11) is 0. The molecule has 1 amide bonds. The molecule has 5 N–H and O–H groups in total. The van der Waals surface area contributed by atoms with Crippen molar-refractivity contribution in [1.29, 1.82) is 0 Å². The lowest BCUT2D eigenvalue weighted by Gasteiger charge is -2.07. The Morgan fingerprint density at radius 3 is 2.35 bits per heavy atom. The van der Waals surface area contributed by atoms with Gasteiger partial charge in [0.1, 0.15) is 0 Å². The number of hydrogen-bond donors (Lipinski definition) is 3. The van der Waals surface area contributed by atoms with Gasteiger partial charge in [0.05, 0.1) is 13.1 Å². The highest BCUT2D eigenvalue weighted by Crippen LogP contribution is 1.92. The molecule has 0 atom stereocenters. The van der Waals surface area contributed by atoms with E-state index in [1.165, 1.54) is 12.5 Å². The first-order chi connectivity index (χ1) is 7.93. The van der Waals surface area contributed by atoms with Crippen molar-refractivity contribution in [3.8, 4) is 0 Å². The van der Waals surface area contributed by atoms with Gasteiger partial charge in [-0.25, -0.2) is 0 Å². The highest BCUT2D eigenvalue weighted by Gasteiger charge is 2.02. The number of allylic oxidation sites excluding steroid dienone is 1. The van der Waals surface area contributed by atoms with Crippen molar-refractivity contribution in [3.05, 3.63) is 11.6 Å². The van der Waals surface area contributed by atoms with Gasteiger partial charge in [-0.1, -0.05) is 11.6 Å². The fourth-order valence-electron chi connectivity index (χ4n) is 1.31. The minimum Gasteiger partial charge on any atom is -0.356 e. The van der Waals surface area contributed by atoms with Crippen molar-refractivity contribution in [2.75, 3.05) is 19.6 Å². The Kier molecular flexibility index (Phi) is 7.84. The Hall–Kier alpha value is -1.52. The third-order valence-electron chi connectivity index (χ3n) is 2.31. The van der Waals surface area contributed by atoms with Crippen LogP contribution in [0.4, 0.5) is 0 Å². The van der Waals surface area contributed by atoms with Gasteiger partial charge in [0.2, 0.25) is 5.91 Å². The lowest BCUT2D eigenvalue weighted by Crippen LogP contribution is -2.36. The van der Waals surface area contributed by atoms with E-state index in [0.717, 1.165) is 25.9 Å². The molecule has 0 aromatic heterocycles.